The van der Waals surface area contributed by atoms with Gasteiger partial charge in [-0.3, -0.25) is 9.59 Å². The highest BCUT2D eigenvalue weighted by Crippen LogP contribution is 2.55. The van der Waals surface area contributed by atoms with Gasteiger partial charge in [0.05, 0.1) is 11.1 Å². The summed E-state index contributed by atoms with van der Waals surface area (Å²) in [5.41, 5.74) is 4.12. The van der Waals surface area contributed by atoms with Crippen LogP contribution in [0.2, 0.25) is 0 Å². The van der Waals surface area contributed by atoms with E-state index in [1.165, 1.54) is 0 Å². The minimum atomic E-state index is -0.430. The third-order valence-corrected chi connectivity index (χ3v) is 7.73. The van der Waals surface area contributed by atoms with E-state index in [4.69, 9.17) is 15.9 Å². The van der Waals surface area contributed by atoms with Crippen LogP contribution in [0.3, 0.4) is 0 Å². The van der Waals surface area contributed by atoms with E-state index in [1.807, 2.05) is 26.1 Å². The third-order valence-electron chi connectivity index (χ3n) is 7.14. The van der Waals surface area contributed by atoms with Crippen molar-refractivity contribution in [2.24, 2.45) is 10.8 Å². The molecule has 186 valence electrons. The molecule has 0 aromatic heterocycles. The maximum atomic E-state index is 13.7. The molecule has 0 unspecified atom stereocenters. The van der Waals surface area contributed by atoms with Gasteiger partial charge >= 0.3 is 0 Å². The van der Waals surface area contributed by atoms with Crippen LogP contribution in [0.25, 0.3) is 0 Å². The van der Waals surface area contributed by atoms with Crippen LogP contribution in [-0.4, -0.2) is 36.7 Å². The molecule has 1 heterocycles. The maximum Gasteiger partial charge on any atom is 0.176 e. The number of halogens is 1. The van der Waals surface area contributed by atoms with E-state index in [9.17, 15) is 9.59 Å². The van der Waals surface area contributed by atoms with Crippen molar-refractivity contribution >= 4 is 27.5 Å². The molecule has 0 spiro atoms. The Bertz CT molecular complexity index is 1140. The summed E-state index contributed by atoms with van der Waals surface area (Å²) in [5.74, 6) is 3.35. The molecular weight excluding hydrogens is 506 g/mol. The zero-order chi connectivity index (χ0) is 25.7. The molecule has 0 N–H and O–H groups in total. The van der Waals surface area contributed by atoms with E-state index in [2.05, 4.69) is 54.4 Å². The van der Waals surface area contributed by atoms with Crippen molar-refractivity contribution in [3.05, 3.63) is 44.7 Å². The lowest BCUT2D eigenvalue weighted by Gasteiger charge is -2.48. The summed E-state index contributed by atoms with van der Waals surface area (Å²) in [6.45, 7) is 11.0. The number of benzene rings is 1. The van der Waals surface area contributed by atoms with Gasteiger partial charge in [-0.2, -0.15) is 0 Å². The fraction of sp³-hybridized carbons (Fsp3) is 0.517. The molecule has 0 atom stereocenters. The Balaban J connectivity index is 1.96. The minimum absolute atomic E-state index is 0.109. The Morgan fingerprint density at radius 2 is 1.54 bits per heavy atom. The van der Waals surface area contributed by atoms with Gasteiger partial charge in [-0.1, -0.05) is 33.6 Å². The van der Waals surface area contributed by atoms with E-state index in [0.29, 0.717) is 35.4 Å². The topological polar surface area (TPSA) is 55.8 Å². The van der Waals surface area contributed by atoms with Crippen LogP contribution in [0.1, 0.15) is 71.8 Å². The predicted octanol–water partition coefficient (Wildman–Crippen LogP) is 6.18. The molecule has 4 rings (SSSR count). The number of carbonyl (C=O) groups is 2. The lowest BCUT2D eigenvalue weighted by molar-refractivity contribution is -0.119. The van der Waals surface area contributed by atoms with Gasteiger partial charge in [-0.15, -0.1) is 6.42 Å². The van der Waals surface area contributed by atoms with E-state index in [0.717, 1.165) is 40.9 Å². The number of hydrogen-bond donors (Lipinski definition) is 0. The average molecular weight is 540 g/mol. The van der Waals surface area contributed by atoms with Gasteiger partial charge in [0, 0.05) is 48.3 Å². The smallest absolute Gasteiger partial charge is 0.176 e. The van der Waals surface area contributed by atoms with Crippen LogP contribution in [0.5, 0.6) is 11.5 Å². The van der Waals surface area contributed by atoms with Gasteiger partial charge in [0.25, 0.3) is 0 Å². The molecule has 2 aliphatic carbocycles. The van der Waals surface area contributed by atoms with Crippen LogP contribution in [0, 0.1) is 23.2 Å². The number of ketones is 2. The highest BCUT2D eigenvalue weighted by molar-refractivity contribution is 9.10. The van der Waals surface area contributed by atoms with Gasteiger partial charge in [0.2, 0.25) is 0 Å². The summed E-state index contributed by atoms with van der Waals surface area (Å²) in [6.07, 6.45) is 7.90. The van der Waals surface area contributed by atoms with Crippen LogP contribution in [0.4, 0.5) is 0 Å². The van der Waals surface area contributed by atoms with E-state index >= 15 is 0 Å². The molecule has 0 amide bonds. The largest absolute Gasteiger partial charge is 0.490 e. The van der Waals surface area contributed by atoms with E-state index in [-0.39, 0.29) is 29.0 Å². The number of terminal acetylenes is 1. The molecular formula is C29H34BrNO4. The summed E-state index contributed by atoms with van der Waals surface area (Å²) >= 11 is 3.63. The van der Waals surface area contributed by atoms with Crippen LogP contribution in [-0.2, 0) is 9.59 Å². The number of ether oxygens (including phenoxy) is 2. The molecule has 6 heteroatoms. The second kappa shape index (κ2) is 9.17. The molecule has 1 aromatic rings. The number of Topliss-reactive ketones (excluding diaryl/α,β-unsaturated/α-hetero) is 2. The summed E-state index contributed by atoms with van der Waals surface area (Å²) < 4.78 is 12.4. The standard InChI is InChI=1S/C29H34BrNO4/c1-8-10-35-27-18(30)11-17(12-23(27)34-9-2)24-25-19(13-28(3,4)15-21(25)32)31(7)20-14-29(5,6)16-22(33)26(20)24/h1,11-12,24H,9-10,13-16H2,2-7H3. The number of allylic oxidation sites excluding steroid dienone is 4. The van der Waals surface area contributed by atoms with Crippen molar-refractivity contribution in [3.63, 3.8) is 0 Å². The quantitative estimate of drug-likeness (QED) is 0.418. The van der Waals surface area contributed by atoms with Gasteiger partial charge in [0.1, 0.15) is 6.61 Å². The Morgan fingerprint density at radius 3 is 2.03 bits per heavy atom. The summed E-state index contributed by atoms with van der Waals surface area (Å²) in [6, 6.07) is 3.85. The predicted molar refractivity (Wildman–Crippen MR) is 140 cm³/mol. The van der Waals surface area contributed by atoms with Crippen molar-refractivity contribution in [2.45, 2.75) is 66.2 Å². The third kappa shape index (κ3) is 4.68. The molecule has 35 heavy (non-hydrogen) atoms. The maximum absolute atomic E-state index is 13.7. The highest BCUT2D eigenvalue weighted by Gasteiger charge is 2.48. The molecule has 1 aliphatic heterocycles. The lowest BCUT2D eigenvalue weighted by atomic mass is 9.64. The van der Waals surface area contributed by atoms with Gasteiger partial charge < -0.3 is 14.4 Å². The van der Waals surface area contributed by atoms with E-state index in [1.54, 1.807) is 0 Å². The normalized spacial score (nSPS) is 21.5. The van der Waals surface area contributed by atoms with E-state index < -0.39 is 5.92 Å². The zero-order valence-electron chi connectivity index (χ0n) is 21.5. The molecule has 0 fully saturated rings. The Hall–Kier alpha value is -2.52. The minimum Gasteiger partial charge on any atom is -0.490 e. The second-order valence-electron chi connectivity index (χ2n) is 11.4. The SMILES string of the molecule is C#CCOc1c(Br)cc(C2C3=C(CC(C)(C)CC3=O)N(C)C3=C2C(=O)CC(C)(C)C3)cc1OCC. The zero-order valence-corrected chi connectivity index (χ0v) is 23.1. The fourth-order valence-electron chi connectivity index (χ4n) is 5.77. The highest BCUT2D eigenvalue weighted by atomic mass is 79.9. The van der Waals surface area contributed by atoms with Gasteiger partial charge in [-0.25, -0.2) is 0 Å². The van der Waals surface area contributed by atoms with Crippen molar-refractivity contribution in [3.8, 4) is 23.8 Å². The van der Waals surface area contributed by atoms with Crippen LogP contribution < -0.4 is 9.47 Å². The molecule has 3 aliphatic rings. The van der Waals surface area contributed by atoms with Gasteiger partial charge in [-0.05, 0) is 64.2 Å². The van der Waals surface area contributed by atoms with Crippen molar-refractivity contribution < 1.29 is 19.1 Å². The first-order chi connectivity index (χ1) is 16.4. The summed E-state index contributed by atoms with van der Waals surface area (Å²) in [4.78, 5) is 29.5. The number of rotatable bonds is 5. The summed E-state index contributed by atoms with van der Waals surface area (Å²) in [7, 11) is 2.02. The summed E-state index contributed by atoms with van der Waals surface area (Å²) in [5, 5.41) is 0. The molecule has 1 aromatic carbocycles. The number of hydrogen-bond acceptors (Lipinski definition) is 5. The second-order valence-corrected chi connectivity index (χ2v) is 12.2. The number of carbonyl (C=O) groups excluding carboxylic acids is 2. The first-order valence-corrected chi connectivity index (χ1v) is 13.0. The molecule has 0 saturated carbocycles. The molecule has 5 nitrogen and oxygen atoms in total. The Labute approximate surface area is 217 Å². The molecule has 0 saturated heterocycles. The first kappa shape index (κ1) is 25.6. The monoisotopic (exact) mass is 539 g/mol. The van der Waals surface area contributed by atoms with Crippen molar-refractivity contribution in [2.75, 3.05) is 20.3 Å². The Morgan fingerprint density at radius 1 is 1.00 bits per heavy atom. The van der Waals surface area contributed by atoms with Crippen molar-refractivity contribution in [1.82, 2.24) is 4.90 Å². The average Bonchev–Trinajstić information content (AvgIpc) is 2.73. The molecule has 0 radical (unpaired) electrons. The van der Waals surface area contributed by atoms with Crippen molar-refractivity contribution in [1.29, 1.82) is 0 Å². The van der Waals surface area contributed by atoms with Crippen LogP contribution in [0.15, 0.2) is 39.1 Å². The number of nitrogens with zero attached hydrogens (tertiary/aromatic N) is 1. The molecule has 0 bridgehead atoms. The first-order valence-electron chi connectivity index (χ1n) is 12.2. The fourth-order valence-corrected chi connectivity index (χ4v) is 6.34. The van der Waals surface area contributed by atoms with Crippen LogP contribution >= 0.6 is 15.9 Å². The lowest BCUT2D eigenvalue weighted by Crippen LogP contribution is -2.43. The Kier molecular flexibility index (Phi) is 6.70. The van der Waals surface area contributed by atoms with Gasteiger partial charge in [0.15, 0.2) is 23.1 Å².